The van der Waals surface area contributed by atoms with Gasteiger partial charge < -0.3 is 4.74 Å². The fourth-order valence-electron chi connectivity index (χ4n) is 1.17. The highest BCUT2D eigenvalue weighted by molar-refractivity contribution is 7.99. The summed E-state index contributed by atoms with van der Waals surface area (Å²) in [5.74, 6) is 1.83. The molecule has 1 aromatic carbocycles. The summed E-state index contributed by atoms with van der Waals surface area (Å²) < 4.78 is 5.16. The molecule has 0 atom stereocenters. The lowest BCUT2D eigenvalue weighted by Gasteiger charge is -2.14. The van der Waals surface area contributed by atoms with Crippen LogP contribution in [0, 0.1) is 16.7 Å². The Morgan fingerprint density at radius 2 is 2.19 bits per heavy atom. The molecular formula is C13H17NOS. The smallest absolute Gasteiger partial charge is 0.119 e. The van der Waals surface area contributed by atoms with Crippen LogP contribution in [0.1, 0.15) is 20.3 Å². The van der Waals surface area contributed by atoms with Gasteiger partial charge in [0.15, 0.2) is 0 Å². The molecule has 0 bridgehead atoms. The van der Waals surface area contributed by atoms with Gasteiger partial charge >= 0.3 is 0 Å². The molecule has 0 heterocycles. The molecule has 0 aromatic heterocycles. The summed E-state index contributed by atoms with van der Waals surface area (Å²) in [4.78, 5) is 1.19. The van der Waals surface area contributed by atoms with E-state index < -0.39 is 0 Å². The summed E-state index contributed by atoms with van der Waals surface area (Å²) >= 11 is 1.76. The van der Waals surface area contributed by atoms with E-state index in [1.54, 1.807) is 18.9 Å². The molecule has 0 fully saturated rings. The van der Waals surface area contributed by atoms with E-state index in [0.717, 1.165) is 17.9 Å². The second-order valence-electron chi connectivity index (χ2n) is 4.27. The van der Waals surface area contributed by atoms with Crippen LogP contribution in [-0.2, 0) is 0 Å². The summed E-state index contributed by atoms with van der Waals surface area (Å²) in [6.45, 7) is 3.94. The van der Waals surface area contributed by atoms with Gasteiger partial charge in [-0.1, -0.05) is 6.07 Å². The Morgan fingerprint density at radius 1 is 1.44 bits per heavy atom. The summed E-state index contributed by atoms with van der Waals surface area (Å²) in [7, 11) is 1.67. The molecule has 86 valence electrons. The lowest BCUT2D eigenvalue weighted by Crippen LogP contribution is -2.08. The maximum Gasteiger partial charge on any atom is 0.119 e. The van der Waals surface area contributed by atoms with Crippen LogP contribution < -0.4 is 4.74 Å². The molecule has 3 heteroatoms. The molecule has 0 N–H and O–H groups in total. The van der Waals surface area contributed by atoms with Crippen LogP contribution in [0.2, 0.25) is 0 Å². The maximum absolute atomic E-state index is 8.89. The number of benzene rings is 1. The molecule has 0 spiro atoms. The molecule has 0 aliphatic heterocycles. The second kappa shape index (κ2) is 5.81. The molecule has 0 aliphatic rings. The number of nitriles is 1. The number of rotatable bonds is 5. The minimum atomic E-state index is -0.230. The Bertz CT molecular complexity index is 382. The van der Waals surface area contributed by atoms with Crippen molar-refractivity contribution in [3.8, 4) is 11.8 Å². The van der Waals surface area contributed by atoms with E-state index in [2.05, 4.69) is 12.1 Å². The first-order valence-corrected chi connectivity index (χ1v) is 6.24. The van der Waals surface area contributed by atoms with Crippen LogP contribution in [0.4, 0.5) is 0 Å². The monoisotopic (exact) mass is 235 g/mol. The zero-order chi connectivity index (χ0) is 12.0. The fourth-order valence-corrected chi connectivity index (χ4v) is 2.39. The average Bonchev–Trinajstić information content (AvgIpc) is 2.29. The summed E-state index contributed by atoms with van der Waals surface area (Å²) in [5.41, 5.74) is -0.230. The molecule has 0 radical (unpaired) electrons. The molecule has 0 amide bonds. The molecule has 16 heavy (non-hydrogen) atoms. The molecule has 0 saturated heterocycles. The Morgan fingerprint density at radius 3 is 2.81 bits per heavy atom. The first-order valence-electron chi connectivity index (χ1n) is 5.25. The van der Waals surface area contributed by atoms with Crippen molar-refractivity contribution in [3.63, 3.8) is 0 Å². The van der Waals surface area contributed by atoms with Gasteiger partial charge in [0.25, 0.3) is 0 Å². The standard InChI is InChI=1S/C13H17NOS/c1-13(2,10-14)7-8-16-12-6-4-5-11(9-12)15-3/h4-6,9H,7-8H2,1-3H3. The van der Waals surface area contributed by atoms with Gasteiger partial charge in [0.05, 0.1) is 18.6 Å². The molecule has 2 nitrogen and oxygen atoms in total. The van der Waals surface area contributed by atoms with Crippen LogP contribution >= 0.6 is 11.8 Å². The van der Waals surface area contributed by atoms with E-state index in [1.165, 1.54) is 4.90 Å². The number of methoxy groups -OCH3 is 1. The van der Waals surface area contributed by atoms with Crippen LogP contribution in [0.15, 0.2) is 29.2 Å². The van der Waals surface area contributed by atoms with E-state index >= 15 is 0 Å². The first-order chi connectivity index (χ1) is 7.57. The predicted molar refractivity (Wildman–Crippen MR) is 67.7 cm³/mol. The minimum Gasteiger partial charge on any atom is -0.497 e. The van der Waals surface area contributed by atoms with Crippen molar-refractivity contribution in [3.05, 3.63) is 24.3 Å². The third kappa shape index (κ3) is 4.16. The number of nitrogens with zero attached hydrogens (tertiary/aromatic N) is 1. The Labute approximate surface area is 102 Å². The normalized spacial score (nSPS) is 10.9. The third-order valence-electron chi connectivity index (χ3n) is 2.34. The van der Waals surface area contributed by atoms with Crippen molar-refractivity contribution in [2.45, 2.75) is 25.2 Å². The van der Waals surface area contributed by atoms with Gasteiger partial charge in [-0.25, -0.2) is 0 Å². The van der Waals surface area contributed by atoms with Crippen molar-refractivity contribution >= 4 is 11.8 Å². The molecule has 0 unspecified atom stereocenters. The van der Waals surface area contributed by atoms with Crippen LogP contribution in [-0.4, -0.2) is 12.9 Å². The number of hydrogen-bond acceptors (Lipinski definition) is 3. The molecule has 1 aromatic rings. The fraction of sp³-hybridized carbons (Fsp3) is 0.462. The van der Waals surface area contributed by atoms with Gasteiger partial charge in [0, 0.05) is 4.90 Å². The van der Waals surface area contributed by atoms with E-state index in [-0.39, 0.29) is 5.41 Å². The van der Waals surface area contributed by atoms with Crippen molar-refractivity contribution in [1.82, 2.24) is 0 Å². The van der Waals surface area contributed by atoms with Crippen molar-refractivity contribution in [2.24, 2.45) is 5.41 Å². The molecule has 0 saturated carbocycles. The molecule has 0 aliphatic carbocycles. The lowest BCUT2D eigenvalue weighted by molar-refractivity contribution is 0.413. The Kier molecular flexibility index (Phi) is 4.70. The summed E-state index contributed by atoms with van der Waals surface area (Å²) in [6, 6.07) is 10.3. The largest absolute Gasteiger partial charge is 0.497 e. The first kappa shape index (κ1) is 12.9. The highest BCUT2D eigenvalue weighted by Gasteiger charge is 2.15. The zero-order valence-corrected chi connectivity index (χ0v) is 10.8. The van der Waals surface area contributed by atoms with Gasteiger partial charge in [-0.05, 0) is 44.2 Å². The van der Waals surface area contributed by atoms with E-state index in [4.69, 9.17) is 10.00 Å². The van der Waals surface area contributed by atoms with Crippen LogP contribution in [0.5, 0.6) is 5.75 Å². The molecule has 1 rings (SSSR count). The van der Waals surface area contributed by atoms with Crippen molar-refractivity contribution < 1.29 is 4.74 Å². The van der Waals surface area contributed by atoms with E-state index in [9.17, 15) is 0 Å². The van der Waals surface area contributed by atoms with Gasteiger partial charge in [-0.15, -0.1) is 11.8 Å². The SMILES string of the molecule is COc1cccc(SCCC(C)(C)C#N)c1. The summed E-state index contributed by atoms with van der Waals surface area (Å²) in [6.07, 6.45) is 0.894. The lowest BCUT2D eigenvalue weighted by atomic mass is 9.93. The minimum absolute atomic E-state index is 0.230. The van der Waals surface area contributed by atoms with Crippen LogP contribution in [0.25, 0.3) is 0 Å². The number of hydrogen-bond donors (Lipinski definition) is 0. The van der Waals surface area contributed by atoms with Gasteiger partial charge in [-0.3, -0.25) is 0 Å². The Hall–Kier alpha value is -1.14. The Balaban J connectivity index is 2.46. The highest BCUT2D eigenvalue weighted by Crippen LogP contribution is 2.27. The van der Waals surface area contributed by atoms with E-state index in [0.29, 0.717) is 0 Å². The van der Waals surface area contributed by atoms with E-state index in [1.807, 2.05) is 32.0 Å². The summed E-state index contributed by atoms with van der Waals surface area (Å²) in [5, 5.41) is 8.89. The predicted octanol–water partition coefficient (Wildman–Crippen LogP) is 3.73. The van der Waals surface area contributed by atoms with Crippen LogP contribution in [0.3, 0.4) is 0 Å². The van der Waals surface area contributed by atoms with Crippen molar-refractivity contribution in [1.29, 1.82) is 5.26 Å². The second-order valence-corrected chi connectivity index (χ2v) is 5.44. The molecular weight excluding hydrogens is 218 g/mol. The van der Waals surface area contributed by atoms with Gasteiger partial charge in [0.1, 0.15) is 5.75 Å². The van der Waals surface area contributed by atoms with Gasteiger partial charge in [0.2, 0.25) is 0 Å². The highest BCUT2D eigenvalue weighted by atomic mass is 32.2. The van der Waals surface area contributed by atoms with Gasteiger partial charge in [-0.2, -0.15) is 5.26 Å². The zero-order valence-electron chi connectivity index (χ0n) is 9.99. The number of ether oxygens (including phenoxy) is 1. The third-order valence-corrected chi connectivity index (χ3v) is 3.34. The maximum atomic E-state index is 8.89. The quantitative estimate of drug-likeness (QED) is 0.729. The topological polar surface area (TPSA) is 33.0 Å². The average molecular weight is 235 g/mol. The number of thioether (sulfide) groups is 1. The van der Waals surface area contributed by atoms with Crippen molar-refractivity contribution in [2.75, 3.05) is 12.9 Å².